The Morgan fingerprint density at radius 2 is 2.19 bits per heavy atom. The van der Waals surface area contributed by atoms with Crippen LogP contribution in [0, 0.1) is 5.41 Å². The van der Waals surface area contributed by atoms with Crippen molar-refractivity contribution < 1.29 is 9.47 Å². The lowest BCUT2D eigenvalue weighted by molar-refractivity contribution is 0.113. The summed E-state index contributed by atoms with van der Waals surface area (Å²) in [6.45, 7) is 9.39. The minimum Gasteiger partial charge on any atom is -0.382 e. The van der Waals surface area contributed by atoms with Gasteiger partial charge in [0.2, 0.25) is 0 Å². The Morgan fingerprint density at radius 3 is 2.81 bits per heavy atom. The van der Waals surface area contributed by atoms with Crippen molar-refractivity contribution >= 4 is 5.96 Å². The Balaban J connectivity index is 1.74. The molecule has 1 aliphatic carbocycles. The first-order chi connectivity index (χ1) is 10.3. The van der Waals surface area contributed by atoms with Crippen molar-refractivity contribution in [1.29, 1.82) is 0 Å². The van der Waals surface area contributed by atoms with Gasteiger partial charge in [-0.15, -0.1) is 0 Å². The summed E-state index contributed by atoms with van der Waals surface area (Å²) in [6.07, 6.45) is 6.39. The summed E-state index contributed by atoms with van der Waals surface area (Å²) in [6, 6.07) is 0. The SMILES string of the molecule is CCNC(=NCC1(CCOCC)CC1)NCC1CCCO1. The second-order valence-electron chi connectivity index (χ2n) is 6.16. The Kier molecular flexibility index (Phi) is 6.77. The number of guanidine groups is 1. The van der Waals surface area contributed by atoms with E-state index in [2.05, 4.69) is 24.5 Å². The van der Waals surface area contributed by atoms with E-state index in [1.165, 1.54) is 19.3 Å². The van der Waals surface area contributed by atoms with E-state index < -0.39 is 0 Å². The quantitative estimate of drug-likeness (QED) is 0.388. The Bertz CT molecular complexity index is 323. The normalized spacial score (nSPS) is 24.1. The molecule has 2 rings (SSSR count). The maximum Gasteiger partial charge on any atom is 0.191 e. The lowest BCUT2D eigenvalue weighted by Crippen LogP contribution is -2.41. The zero-order chi connectivity index (χ0) is 15.0. The van der Waals surface area contributed by atoms with Crippen LogP contribution in [0.4, 0.5) is 0 Å². The van der Waals surface area contributed by atoms with Crippen molar-refractivity contribution in [1.82, 2.24) is 10.6 Å². The Hall–Kier alpha value is -0.810. The van der Waals surface area contributed by atoms with Gasteiger partial charge in [0.1, 0.15) is 0 Å². The predicted octanol–water partition coefficient (Wildman–Crippen LogP) is 1.93. The summed E-state index contributed by atoms with van der Waals surface area (Å²) in [4.78, 5) is 4.77. The van der Waals surface area contributed by atoms with Gasteiger partial charge in [0.15, 0.2) is 5.96 Å². The van der Waals surface area contributed by atoms with Gasteiger partial charge in [0.25, 0.3) is 0 Å². The number of aliphatic imine (C=N–C) groups is 1. The second-order valence-corrected chi connectivity index (χ2v) is 6.16. The van der Waals surface area contributed by atoms with Gasteiger partial charge in [-0.05, 0) is 51.4 Å². The molecular formula is C16H31N3O2. The molecule has 2 fully saturated rings. The first kappa shape index (κ1) is 16.6. The maximum absolute atomic E-state index is 5.64. The van der Waals surface area contributed by atoms with Gasteiger partial charge in [0.05, 0.1) is 6.10 Å². The highest BCUT2D eigenvalue weighted by Crippen LogP contribution is 2.48. The summed E-state index contributed by atoms with van der Waals surface area (Å²) < 4.78 is 11.1. The van der Waals surface area contributed by atoms with Gasteiger partial charge in [-0.1, -0.05) is 0 Å². The zero-order valence-electron chi connectivity index (χ0n) is 13.6. The van der Waals surface area contributed by atoms with E-state index >= 15 is 0 Å². The smallest absolute Gasteiger partial charge is 0.191 e. The fraction of sp³-hybridized carbons (Fsp3) is 0.938. The van der Waals surface area contributed by atoms with E-state index in [9.17, 15) is 0 Å². The van der Waals surface area contributed by atoms with E-state index in [0.717, 1.165) is 58.3 Å². The number of hydrogen-bond acceptors (Lipinski definition) is 3. The lowest BCUT2D eigenvalue weighted by atomic mass is 10.0. The molecule has 21 heavy (non-hydrogen) atoms. The molecule has 2 aliphatic rings. The summed E-state index contributed by atoms with van der Waals surface area (Å²) in [5, 5.41) is 6.74. The highest BCUT2D eigenvalue weighted by atomic mass is 16.5. The maximum atomic E-state index is 5.64. The van der Waals surface area contributed by atoms with Crippen LogP contribution in [0.25, 0.3) is 0 Å². The minimum atomic E-state index is 0.349. The average molecular weight is 297 g/mol. The molecular weight excluding hydrogens is 266 g/mol. The molecule has 5 heteroatoms. The van der Waals surface area contributed by atoms with Crippen LogP contribution in [-0.2, 0) is 9.47 Å². The molecule has 0 aromatic rings. The number of nitrogens with one attached hydrogen (secondary N) is 2. The van der Waals surface area contributed by atoms with Crippen molar-refractivity contribution in [3.63, 3.8) is 0 Å². The van der Waals surface area contributed by atoms with Crippen LogP contribution in [0.2, 0.25) is 0 Å². The van der Waals surface area contributed by atoms with E-state index in [1.807, 2.05) is 0 Å². The fourth-order valence-electron chi connectivity index (χ4n) is 2.70. The van der Waals surface area contributed by atoms with Crippen molar-refractivity contribution in [3.05, 3.63) is 0 Å². The predicted molar refractivity (Wildman–Crippen MR) is 85.7 cm³/mol. The molecule has 0 aromatic carbocycles. The largest absolute Gasteiger partial charge is 0.382 e. The zero-order valence-corrected chi connectivity index (χ0v) is 13.6. The number of nitrogens with zero attached hydrogens (tertiary/aromatic N) is 1. The summed E-state index contributed by atoms with van der Waals surface area (Å²) in [7, 11) is 0. The van der Waals surface area contributed by atoms with Crippen molar-refractivity contribution in [2.75, 3.05) is 39.5 Å². The standard InChI is InChI=1S/C16H31N3O2/c1-3-17-15(18-12-14-6-5-10-21-14)19-13-16(7-8-16)9-11-20-4-2/h14H,3-13H2,1-2H3,(H2,17,18,19). The first-order valence-electron chi connectivity index (χ1n) is 8.49. The van der Waals surface area contributed by atoms with Gasteiger partial charge in [-0.2, -0.15) is 0 Å². The lowest BCUT2D eigenvalue weighted by Gasteiger charge is -2.17. The third-order valence-electron chi connectivity index (χ3n) is 4.38. The molecule has 1 saturated carbocycles. The molecule has 1 unspecified atom stereocenters. The highest BCUT2D eigenvalue weighted by Gasteiger charge is 2.41. The van der Waals surface area contributed by atoms with Gasteiger partial charge in [-0.25, -0.2) is 0 Å². The van der Waals surface area contributed by atoms with E-state index in [-0.39, 0.29) is 0 Å². The third-order valence-corrected chi connectivity index (χ3v) is 4.38. The van der Waals surface area contributed by atoms with Crippen LogP contribution in [0.5, 0.6) is 0 Å². The molecule has 2 N–H and O–H groups in total. The van der Waals surface area contributed by atoms with Crippen LogP contribution >= 0.6 is 0 Å². The average Bonchev–Trinajstić information content (AvgIpc) is 3.06. The van der Waals surface area contributed by atoms with Crippen molar-refractivity contribution in [2.45, 2.75) is 52.1 Å². The van der Waals surface area contributed by atoms with Crippen LogP contribution < -0.4 is 10.6 Å². The Morgan fingerprint density at radius 1 is 1.33 bits per heavy atom. The van der Waals surface area contributed by atoms with Gasteiger partial charge in [0, 0.05) is 39.5 Å². The van der Waals surface area contributed by atoms with Gasteiger partial charge in [-0.3, -0.25) is 4.99 Å². The summed E-state index contributed by atoms with van der Waals surface area (Å²) >= 11 is 0. The molecule has 122 valence electrons. The Labute approximate surface area is 128 Å². The molecule has 1 atom stereocenters. The molecule has 5 nitrogen and oxygen atoms in total. The van der Waals surface area contributed by atoms with Gasteiger partial charge >= 0.3 is 0 Å². The van der Waals surface area contributed by atoms with Crippen LogP contribution in [0.1, 0.15) is 46.0 Å². The number of ether oxygens (including phenoxy) is 2. The highest BCUT2D eigenvalue weighted by molar-refractivity contribution is 5.79. The molecule has 0 radical (unpaired) electrons. The number of hydrogen-bond donors (Lipinski definition) is 2. The molecule has 0 spiro atoms. The second kappa shape index (κ2) is 8.59. The van der Waals surface area contributed by atoms with Crippen LogP contribution in [-0.4, -0.2) is 51.5 Å². The fourth-order valence-corrected chi connectivity index (χ4v) is 2.70. The van der Waals surface area contributed by atoms with Crippen LogP contribution in [0.15, 0.2) is 4.99 Å². The van der Waals surface area contributed by atoms with Gasteiger partial charge < -0.3 is 20.1 Å². The van der Waals surface area contributed by atoms with Crippen molar-refractivity contribution in [2.24, 2.45) is 10.4 Å². The molecule has 0 bridgehead atoms. The molecule has 1 aliphatic heterocycles. The summed E-state index contributed by atoms with van der Waals surface area (Å²) in [5.74, 6) is 0.927. The molecule has 0 aromatic heterocycles. The topological polar surface area (TPSA) is 54.9 Å². The minimum absolute atomic E-state index is 0.349. The molecule has 0 amide bonds. The van der Waals surface area contributed by atoms with Crippen LogP contribution in [0.3, 0.4) is 0 Å². The van der Waals surface area contributed by atoms with E-state index in [1.54, 1.807) is 0 Å². The monoisotopic (exact) mass is 297 g/mol. The number of rotatable bonds is 9. The molecule has 1 heterocycles. The van der Waals surface area contributed by atoms with E-state index in [4.69, 9.17) is 14.5 Å². The molecule has 1 saturated heterocycles. The summed E-state index contributed by atoms with van der Waals surface area (Å²) in [5.41, 5.74) is 0.404. The van der Waals surface area contributed by atoms with E-state index in [0.29, 0.717) is 11.5 Å². The third kappa shape index (κ3) is 5.83. The first-order valence-corrected chi connectivity index (χ1v) is 8.49. The van der Waals surface area contributed by atoms with Crippen molar-refractivity contribution in [3.8, 4) is 0 Å².